The Bertz CT molecular complexity index is 899. The monoisotopic (exact) mass is 325 g/mol. The molecule has 1 N–H and O–H groups in total. The lowest BCUT2D eigenvalue weighted by atomic mass is 10.2. The number of hydrogen-bond donors (Lipinski definition) is 1. The van der Waals surface area contributed by atoms with Crippen LogP contribution in [0.1, 0.15) is 5.56 Å². The number of nitrogens with zero attached hydrogens (tertiary/aromatic N) is 4. The Labute approximate surface area is 135 Å². The number of nitrogens with one attached hydrogen (secondary N) is 1. The van der Waals surface area contributed by atoms with Gasteiger partial charge in [-0.15, -0.1) is 5.10 Å². The minimum atomic E-state index is -0.232. The standard InChI is InChI=1S/C16H12FN5S/c17-13-5-3-11(4-6-13)8-19-15-21-22-10-14(20-16(22)23-15)12-2-1-7-18-9-12/h1-7,9-10H,8H2,(H,19,21). The third-order valence-corrected chi connectivity index (χ3v) is 4.24. The number of rotatable bonds is 4. The molecule has 0 radical (unpaired) electrons. The number of halogens is 1. The van der Waals surface area contributed by atoms with Crippen molar-refractivity contribution in [3.8, 4) is 11.3 Å². The van der Waals surface area contributed by atoms with Crippen molar-refractivity contribution in [3.63, 3.8) is 0 Å². The highest BCUT2D eigenvalue weighted by molar-refractivity contribution is 7.20. The molecule has 23 heavy (non-hydrogen) atoms. The minimum Gasteiger partial charge on any atom is -0.356 e. The number of imidazole rings is 1. The number of aromatic nitrogens is 4. The van der Waals surface area contributed by atoms with Crippen molar-refractivity contribution in [2.45, 2.75) is 6.54 Å². The number of anilines is 1. The van der Waals surface area contributed by atoms with E-state index in [2.05, 4.69) is 20.4 Å². The van der Waals surface area contributed by atoms with Crippen molar-refractivity contribution in [3.05, 3.63) is 66.4 Å². The highest BCUT2D eigenvalue weighted by Gasteiger charge is 2.09. The van der Waals surface area contributed by atoms with Crippen LogP contribution in [0.4, 0.5) is 9.52 Å². The summed E-state index contributed by atoms with van der Waals surface area (Å²) in [4.78, 5) is 9.47. The van der Waals surface area contributed by atoms with E-state index in [1.165, 1.54) is 23.5 Å². The Morgan fingerprint density at radius 3 is 2.78 bits per heavy atom. The van der Waals surface area contributed by atoms with Gasteiger partial charge in [-0.05, 0) is 29.8 Å². The Kier molecular flexibility index (Phi) is 3.47. The molecular weight excluding hydrogens is 313 g/mol. The molecule has 114 valence electrons. The van der Waals surface area contributed by atoms with Crippen LogP contribution >= 0.6 is 11.3 Å². The van der Waals surface area contributed by atoms with Gasteiger partial charge in [-0.3, -0.25) is 4.98 Å². The first-order valence-electron chi connectivity index (χ1n) is 7.03. The molecule has 0 saturated heterocycles. The number of benzene rings is 1. The van der Waals surface area contributed by atoms with Gasteiger partial charge in [-0.1, -0.05) is 23.5 Å². The summed E-state index contributed by atoms with van der Waals surface area (Å²) < 4.78 is 14.6. The average molecular weight is 325 g/mol. The highest BCUT2D eigenvalue weighted by Crippen LogP contribution is 2.24. The van der Waals surface area contributed by atoms with Gasteiger partial charge in [-0.2, -0.15) is 0 Å². The molecule has 0 amide bonds. The van der Waals surface area contributed by atoms with Crippen molar-refractivity contribution < 1.29 is 4.39 Å². The van der Waals surface area contributed by atoms with Crippen LogP contribution in [0.5, 0.6) is 0 Å². The van der Waals surface area contributed by atoms with Crippen molar-refractivity contribution in [2.75, 3.05) is 5.32 Å². The molecule has 0 atom stereocenters. The zero-order valence-corrected chi connectivity index (χ0v) is 12.8. The first kappa shape index (κ1) is 13.8. The molecule has 5 nitrogen and oxygen atoms in total. The number of pyridine rings is 1. The van der Waals surface area contributed by atoms with Crippen LogP contribution in [0.25, 0.3) is 16.2 Å². The largest absolute Gasteiger partial charge is 0.356 e. The second-order valence-electron chi connectivity index (χ2n) is 4.98. The molecule has 4 rings (SSSR count). The summed E-state index contributed by atoms with van der Waals surface area (Å²) in [6.07, 6.45) is 5.39. The van der Waals surface area contributed by atoms with E-state index in [4.69, 9.17) is 0 Å². The van der Waals surface area contributed by atoms with Crippen molar-refractivity contribution in [1.82, 2.24) is 19.6 Å². The van der Waals surface area contributed by atoms with E-state index in [9.17, 15) is 4.39 Å². The maximum absolute atomic E-state index is 12.9. The second-order valence-corrected chi connectivity index (χ2v) is 5.94. The van der Waals surface area contributed by atoms with Gasteiger partial charge in [-0.25, -0.2) is 13.9 Å². The molecule has 0 saturated carbocycles. The summed E-state index contributed by atoms with van der Waals surface area (Å²) in [7, 11) is 0. The van der Waals surface area contributed by atoms with Crippen molar-refractivity contribution in [1.29, 1.82) is 0 Å². The summed E-state index contributed by atoms with van der Waals surface area (Å²) >= 11 is 1.47. The lowest BCUT2D eigenvalue weighted by Crippen LogP contribution is -1.99. The molecule has 3 aromatic heterocycles. The third-order valence-electron chi connectivity index (χ3n) is 3.36. The van der Waals surface area contributed by atoms with E-state index in [1.54, 1.807) is 29.0 Å². The first-order chi connectivity index (χ1) is 11.3. The fraction of sp³-hybridized carbons (Fsp3) is 0.0625. The molecule has 7 heteroatoms. The summed E-state index contributed by atoms with van der Waals surface area (Å²) in [5, 5.41) is 8.46. The molecule has 4 aromatic rings. The molecule has 1 aromatic carbocycles. The smallest absolute Gasteiger partial charge is 0.214 e. The van der Waals surface area contributed by atoms with Crippen LogP contribution in [0.2, 0.25) is 0 Å². The maximum atomic E-state index is 12.9. The number of hydrogen-bond acceptors (Lipinski definition) is 5. The molecule has 0 spiro atoms. The van der Waals surface area contributed by atoms with E-state index in [0.29, 0.717) is 6.54 Å². The van der Waals surface area contributed by atoms with Gasteiger partial charge in [0.25, 0.3) is 0 Å². The molecule has 0 bridgehead atoms. The number of fused-ring (bicyclic) bond motifs is 1. The Hall–Kier alpha value is -2.80. The Balaban J connectivity index is 1.51. The van der Waals surface area contributed by atoms with Gasteiger partial charge in [0.1, 0.15) is 5.82 Å². The molecule has 0 unspecified atom stereocenters. The van der Waals surface area contributed by atoms with Gasteiger partial charge in [0.15, 0.2) is 0 Å². The quantitative estimate of drug-likeness (QED) is 0.623. The van der Waals surface area contributed by atoms with Gasteiger partial charge in [0.05, 0.1) is 11.9 Å². The second kappa shape index (κ2) is 5.77. The summed E-state index contributed by atoms with van der Waals surface area (Å²) in [6.45, 7) is 0.590. The van der Waals surface area contributed by atoms with E-state index in [-0.39, 0.29) is 5.82 Å². The topological polar surface area (TPSA) is 55.1 Å². The fourth-order valence-corrected chi connectivity index (χ4v) is 2.98. The lowest BCUT2D eigenvalue weighted by molar-refractivity contribution is 0.627. The average Bonchev–Trinajstić information content (AvgIpc) is 3.14. The van der Waals surface area contributed by atoms with E-state index in [1.807, 2.05) is 18.3 Å². The predicted molar refractivity (Wildman–Crippen MR) is 87.8 cm³/mol. The van der Waals surface area contributed by atoms with Gasteiger partial charge in [0.2, 0.25) is 10.1 Å². The Morgan fingerprint density at radius 2 is 2.04 bits per heavy atom. The van der Waals surface area contributed by atoms with E-state index < -0.39 is 0 Å². The molecule has 0 aliphatic heterocycles. The fourth-order valence-electron chi connectivity index (χ4n) is 2.20. The highest BCUT2D eigenvalue weighted by atomic mass is 32.1. The van der Waals surface area contributed by atoms with Crippen LogP contribution in [0, 0.1) is 5.82 Å². The maximum Gasteiger partial charge on any atom is 0.214 e. The first-order valence-corrected chi connectivity index (χ1v) is 7.84. The van der Waals surface area contributed by atoms with Crippen LogP contribution in [0.3, 0.4) is 0 Å². The predicted octanol–water partition coefficient (Wildman–Crippen LogP) is 3.60. The van der Waals surface area contributed by atoms with Gasteiger partial charge in [0, 0.05) is 24.5 Å². The summed E-state index contributed by atoms with van der Waals surface area (Å²) in [6, 6.07) is 10.2. The third kappa shape index (κ3) is 2.91. The molecule has 0 aliphatic carbocycles. The van der Waals surface area contributed by atoms with E-state index >= 15 is 0 Å². The normalized spacial score (nSPS) is 11.0. The summed E-state index contributed by atoms with van der Waals surface area (Å²) in [5.41, 5.74) is 2.81. The summed E-state index contributed by atoms with van der Waals surface area (Å²) in [5.74, 6) is -0.232. The van der Waals surface area contributed by atoms with Crippen LogP contribution in [-0.4, -0.2) is 19.6 Å². The van der Waals surface area contributed by atoms with Crippen LogP contribution in [-0.2, 0) is 6.54 Å². The lowest BCUT2D eigenvalue weighted by Gasteiger charge is -2.01. The van der Waals surface area contributed by atoms with Crippen LogP contribution < -0.4 is 5.32 Å². The molecule has 3 heterocycles. The van der Waals surface area contributed by atoms with E-state index in [0.717, 1.165) is 26.9 Å². The molecular formula is C16H12FN5S. The minimum absolute atomic E-state index is 0.232. The van der Waals surface area contributed by atoms with Gasteiger partial charge < -0.3 is 5.32 Å². The van der Waals surface area contributed by atoms with Crippen LogP contribution in [0.15, 0.2) is 55.0 Å². The Morgan fingerprint density at radius 1 is 1.17 bits per heavy atom. The van der Waals surface area contributed by atoms with Crippen molar-refractivity contribution in [2.24, 2.45) is 0 Å². The zero-order chi connectivity index (χ0) is 15.6. The van der Waals surface area contributed by atoms with Gasteiger partial charge >= 0.3 is 0 Å². The molecule has 0 aliphatic rings. The SMILES string of the molecule is Fc1ccc(CNc2nn3cc(-c4cccnc4)nc3s2)cc1. The zero-order valence-electron chi connectivity index (χ0n) is 12.0. The van der Waals surface area contributed by atoms with Crippen molar-refractivity contribution >= 4 is 21.4 Å². The molecule has 0 fully saturated rings.